The van der Waals surface area contributed by atoms with Gasteiger partial charge in [0.1, 0.15) is 5.82 Å². The van der Waals surface area contributed by atoms with Crippen LogP contribution in [-0.4, -0.2) is 22.7 Å². The van der Waals surface area contributed by atoms with Gasteiger partial charge in [-0.1, -0.05) is 0 Å². The van der Waals surface area contributed by atoms with Gasteiger partial charge < -0.3 is 4.98 Å². The molecule has 1 amide bonds. The predicted octanol–water partition coefficient (Wildman–Crippen LogP) is 0.410. The molecule has 5 heteroatoms. The van der Waals surface area contributed by atoms with Crippen molar-refractivity contribution < 1.29 is 4.79 Å². The van der Waals surface area contributed by atoms with E-state index in [1.165, 1.54) is 18.3 Å². The Morgan fingerprint density at radius 2 is 2.29 bits per heavy atom. The van der Waals surface area contributed by atoms with E-state index in [2.05, 4.69) is 17.6 Å². The van der Waals surface area contributed by atoms with Crippen molar-refractivity contribution in [3.63, 3.8) is 0 Å². The smallest absolute Gasteiger partial charge is 0.229 e. The van der Waals surface area contributed by atoms with Crippen molar-refractivity contribution in [3.8, 4) is 0 Å². The zero-order valence-corrected chi connectivity index (χ0v) is 8.33. The first kappa shape index (κ1) is 9.33. The number of pyridine rings is 1. The number of carbonyl (C=O) groups excluding carboxylic acids is 1. The maximum Gasteiger partial charge on any atom is 0.229 e. The fraction of sp³-hybridized carbons (Fsp3) is 0.333. The molecule has 4 nitrogen and oxygen atoms in total. The molecule has 2 rings (SSSR count). The number of hydrogen-bond donors (Lipinski definition) is 2. The Labute approximate surface area is 86.3 Å². The molecule has 1 aliphatic heterocycles. The van der Waals surface area contributed by atoms with Crippen LogP contribution in [0, 0.1) is 0 Å². The molecule has 1 fully saturated rings. The second-order valence-electron chi connectivity index (χ2n) is 3.27. The van der Waals surface area contributed by atoms with Gasteiger partial charge in [0.2, 0.25) is 5.91 Å². The molecule has 1 unspecified atom stereocenters. The minimum absolute atomic E-state index is 0.00634. The fourth-order valence-corrected chi connectivity index (χ4v) is 1.83. The summed E-state index contributed by atoms with van der Waals surface area (Å²) >= 11 is 4.23. The molecule has 1 aromatic rings. The van der Waals surface area contributed by atoms with Crippen molar-refractivity contribution >= 4 is 24.4 Å². The second kappa shape index (κ2) is 3.49. The molecule has 1 atom stereocenters. The minimum atomic E-state index is -0.103. The van der Waals surface area contributed by atoms with E-state index in [0.717, 1.165) is 0 Å². The number of aromatic amines is 1. The third-order valence-electron chi connectivity index (χ3n) is 2.15. The van der Waals surface area contributed by atoms with Crippen molar-refractivity contribution in [3.05, 3.63) is 28.6 Å². The lowest BCUT2D eigenvalue weighted by molar-refractivity contribution is -0.117. The molecule has 0 aromatic carbocycles. The van der Waals surface area contributed by atoms with Crippen molar-refractivity contribution in [2.45, 2.75) is 11.7 Å². The van der Waals surface area contributed by atoms with Gasteiger partial charge >= 0.3 is 0 Å². The normalized spacial score (nSPS) is 21.6. The van der Waals surface area contributed by atoms with Gasteiger partial charge in [0, 0.05) is 36.5 Å². The lowest BCUT2D eigenvalue weighted by atomic mass is 10.4. The Morgan fingerprint density at radius 3 is 2.86 bits per heavy atom. The van der Waals surface area contributed by atoms with Crippen LogP contribution in [0.3, 0.4) is 0 Å². The lowest BCUT2D eigenvalue weighted by Gasteiger charge is -2.14. The van der Waals surface area contributed by atoms with E-state index >= 15 is 0 Å². The monoisotopic (exact) mass is 210 g/mol. The first-order chi connectivity index (χ1) is 6.66. The van der Waals surface area contributed by atoms with Gasteiger partial charge in [-0.25, -0.2) is 0 Å². The third-order valence-corrected chi connectivity index (χ3v) is 2.50. The van der Waals surface area contributed by atoms with Gasteiger partial charge in [-0.15, -0.1) is 0 Å². The maximum absolute atomic E-state index is 11.5. The predicted molar refractivity (Wildman–Crippen MR) is 56.8 cm³/mol. The summed E-state index contributed by atoms with van der Waals surface area (Å²) in [5, 5.41) is 0.0613. The highest BCUT2D eigenvalue weighted by Crippen LogP contribution is 2.20. The summed E-state index contributed by atoms with van der Waals surface area (Å²) in [7, 11) is 0. The number of aromatic nitrogens is 1. The van der Waals surface area contributed by atoms with Gasteiger partial charge in [0.05, 0.1) is 0 Å². The zero-order chi connectivity index (χ0) is 10.1. The lowest BCUT2D eigenvalue weighted by Crippen LogP contribution is -2.26. The molecule has 1 saturated heterocycles. The van der Waals surface area contributed by atoms with E-state index in [0.29, 0.717) is 18.8 Å². The van der Waals surface area contributed by atoms with Gasteiger partial charge in [0.15, 0.2) is 5.43 Å². The number of carbonyl (C=O) groups is 1. The largest absolute Gasteiger partial charge is 0.348 e. The summed E-state index contributed by atoms with van der Waals surface area (Å²) in [6.45, 7) is 0.557. The second-order valence-corrected chi connectivity index (χ2v) is 4.00. The molecule has 74 valence electrons. The Hall–Kier alpha value is -1.23. The summed E-state index contributed by atoms with van der Waals surface area (Å²) in [5.74, 6) is 0.561. The number of amides is 1. The van der Waals surface area contributed by atoms with Crippen LogP contribution >= 0.6 is 12.6 Å². The maximum atomic E-state index is 11.5. The highest BCUT2D eigenvalue weighted by atomic mass is 32.1. The van der Waals surface area contributed by atoms with Crippen LogP contribution in [0.4, 0.5) is 5.82 Å². The molecule has 1 aromatic heterocycles. The van der Waals surface area contributed by atoms with E-state index < -0.39 is 0 Å². The molecular weight excluding hydrogens is 200 g/mol. The summed E-state index contributed by atoms with van der Waals surface area (Å²) in [5.41, 5.74) is -0.103. The SMILES string of the molecule is O=C1CC(S)CN1c1cc(=O)cc[nH]1. The van der Waals surface area contributed by atoms with Gasteiger partial charge in [-0.3, -0.25) is 14.5 Å². The van der Waals surface area contributed by atoms with Crippen LogP contribution in [0.5, 0.6) is 0 Å². The van der Waals surface area contributed by atoms with Gasteiger partial charge in [-0.2, -0.15) is 12.6 Å². The number of anilines is 1. The van der Waals surface area contributed by atoms with Gasteiger partial charge in [0.25, 0.3) is 0 Å². The van der Waals surface area contributed by atoms with E-state index in [4.69, 9.17) is 0 Å². The standard InChI is InChI=1S/C9H10N2O2S/c12-6-1-2-10-8(3-6)11-5-7(14)4-9(11)13/h1-3,7,14H,4-5H2,(H,10,12). The molecule has 2 heterocycles. The van der Waals surface area contributed by atoms with Crippen LogP contribution in [0.2, 0.25) is 0 Å². The molecular formula is C9H10N2O2S. The zero-order valence-electron chi connectivity index (χ0n) is 7.43. The molecule has 14 heavy (non-hydrogen) atoms. The van der Waals surface area contributed by atoms with Crippen LogP contribution in [0.1, 0.15) is 6.42 Å². The molecule has 0 spiro atoms. The summed E-state index contributed by atoms with van der Waals surface area (Å²) < 4.78 is 0. The molecule has 1 N–H and O–H groups in total. The Kier molecular flexibility index (Phi) is 2.33. The minimum Gasteiger partial charge on any atom is -0.348 e. The van der Waals surface area contributed by atoms with E-state index in [-0.39, 0.29) is 16.6 Å². The van der Waals surface area contributed by atoms with Crippen LogP contribution in [0.15, 0.2) is 23.1 Å². The number of rotatable bonds is 1. The quantitative estimate of drug-likeness (QED) is 0.660. The Balaban J connectivity index is 2.32. The number of hydrogen-bond acceptors (Lipinski definition) is 3. The van der Waals surface area contributed by atoms with Gasteiger partial charge in [-0.05, 0) is 0 Å². The Bertz CT molecular complexity index is 415. The molecule has 0 bridgehead atoms. The van der Waals surface area contributed by atoms with Crippen molar-refractivity contribution in [2.24, 2.45) is 0 Å². The molecule has 0 radical (unpaired) electrons. The topological polar surface area (TPSA) is 53.2 Å². The summed E-state index contributed by atoms with van der Waals surface area (Å²) in [4.78, 5) is 26.9. The first-order valence-corrected chi connectivity index (χ1v) is 4.85. The number of H-pyrrole nitrogens is 1. The average Bonchev–Trinajstić information content (AvgIpc) is 2.45. The van der Waals surface area contributed by atoms with Crippen LogP contribution in [-0.2, 0) is 4.79 Å². The third kappa shape index (κ3) is 1.68. The average molecular weight is 210 g/mol. The number of nitrogens with one attached hydrogen (secondary N) is 1. The van der Waals surface area contributed by atoms with Crippen LogP contribution < -0.4 is 10.3 Å². The molecule has 1 aliphatic rings. The van der Waals surface area contributed by atoms with E-state index in [9.17, 15) is 9.59 Å². The Morgan fingerprint density at radius 1 is 1.50 bits per heavy atom. The van der Waals surface area contributed by atoms with Crippen molar-refractivity contribution in [2.75, 3.05) is 11.4 Å². The van der Waals surface area contributed by atoms with Crippen molar-refractivity contribution in [1.29, 1.82) is 0 Å². The van der Waals surface area contributed by atoms with Crippen molar-refractivity contribution in [1.82, 2.24) is 4.98 Å². The number of nitrogens with zero attached hydrogens (tertiary/aromatic N) is 1. The summed E-state index contributed by atoms with van der Waals surface area (Å²) in [6.07, 6.45) is 1.97. The fourth-order valence-electron chi connectivity index (χ4n) is 1.51. The number of thiol groups is 1. The molecule has 0 saturated carbocycles. The van der Waals surface area contributed by atoms with E-state index in [1.807, 2.05) is 0 Å². The molecule has 0 aliphatic carbocycles. The van der Waals surface area contributed by atoms with E-state index in [1.54, 1.807) is 4.90 Å². The highest BCUT2D eigenvalue weighted by molar-refractivity contribution is 7.81. The first-order valence-electron chi connectivity index (χ1n) is 4.34. The summed E-state index contributed by atoms with van der Waals surface area (Å²) in [6, 6.07) is 2.84. The van der Waals surface area contributed by atoms with Crippen LogP contribution in [0.25, 0.3) is 0 Å². The highest BCUT2D eigenvalue weighted by Gasteiger charge is 2.28.